The molecule has 0 aliphatic carbocycles. The van der Waals surface area contributed by atoms with E-state index in [1.807, 2.05) is 42.6 Å². The van der Waals surface area contributed by atoms with E-state index < -0.39 is 0 Å². The maximum atomic E-state index is 11.3. The third kappa shape index (κ3) is 3.58. The summed E-state index contributed by atoms with van der Waals surface area (Å²) in [5.74, 6) is 0.620. The summed E-state index contributed by atoms with van der Waals surface area (Å²) in [5.41, 5.74) is 2.94. The SMILES string of the molecule is O=C1COc2ccc(CNCCc3ccccn3)cc2N1. The first kappa shape index (κ1) is 13.6. The fourth-order valence-corrected chi connectivity index (χ4v) is 2.24. The predicted molar refractivity (Wildman–Crippen MR) is 80.2 cm³/mol. The van der Waals surface area contributed by atoms with Gasteiger partial charge in [-0.1, -0.05) is 12.1 Å². The lowest BCUT2D eigenvalue weighted by molar-refractivity contribution is -0.118. The highest BCUT2D eigenvalue weighted by Crippen LogP contribution is 2.28. The molecule has 5 heteroatoms. The van der Waals surface area contributed by atoms with Crippen molar-refractivity contribution in [1.82, 2.24) is 10.3 Å². The second-order valence-electron chi connectivity index (χ2n) is 4.92. The van der Waals surface area contributed by atoms with Gasteiger partial charge < -0.3 is 15.4 Å². The topological polar surface area (TPSA) is 63.2 Å². The number of nitrogens with one attached hydrogen (secondary N) is 2. The molecule has 2 N–H and O–H groups in total. The van der Waals surface area contributed by atoms with E-state index >= 15 is 0 Å². The van der Waals surface area contributed by atoms with Gasteiger partial charge in [-0.05, 0) is 29.8 Å². The maximum Gasteiger partial charge on any atom is 0.262 e. The third-order valence-corrected chi connectivity index (χ3v) is 3.29. The molecule has 108 valence electrons. The second-order valence-corrected chi connectivity index (χ2v) is 4.92. The van der Waals surface area contributed by atoms with E-state index in [-0.39, 0.29) is 12.5 Å². The van der Waals surface area contributed by atoms with Crippen LogP contribution in [0.1, 0.15) is 11.3 Å². The summed E-state index contributed by atoms with van der Waals surface area (Å²) < 4.78 is 5.33. The number of aromatic nitrogens is 1. The van der Waals surface area contributed by atoms with Crippen molar-refractivity contribution in [2.24, 2.45) is 0 Å². The van der Waals surface area contributed by atoms with Crippen molar-refractivity contribution in [3.8, 4) is 5.75 Å². The fourth-order valence-electron chi connectivity index (χ4n) is 2.24. The van der Waals surface area contributed by atoms with Crippen molar-refractivity contribution in [2.45, 2.75) is 13.0 Å². The molecule has 0 fully saturated rings. The molecule has 5 nitrogen and oxygen atoms in total. The predicted octanol–water partition coefficient (Wildman–Crippen LogP) is 1.74. The number of anilines is 1. The molecule has 0 bridgehead atoms. The molecule has 0 unspecified atom stereocenters. The summed E-state index contributed by atoms with van der Waals surface area (Å²) in [5, 5.41) is 6.19. The van der Waals surface area contributed by atoms with E-state index in [0.29, 0.717) is 0 Å². The van der Waals surface area contributed by atoms with Crippen LogP contribution >= 0.6 is 0 Å². The number of rotatable bonds is 5. The van der Waals surface area contributed by atoms with Crippen LogP contribution in [-0.2, 0) is 17.8 Å². The molecule has 0 saturated heterocycles. The lowest BCUT2D eigenvalue weighted by Gasteiger charge is -2.18. The molecular weight excluding hydrogens is 266 g/mol. The molecule has 1 aromatic heterocycles. The van der Waals surface area contributed by atoms with Gasteiger partial charge in [-0.25, -0.2) is 0 Å². The number of carbonyl (C=O) groups is 1. The Hall–Kier alpha value is -2.40. The highest BCUT2D eigenvalue weighted by Gasteiger charge is 2.15. The number of fused-ring (bicyclic) bond motifs is 1. The van der Waals surface area contributed by atoms with E-state index in [9.17, 15) is 4.79 Å². The van der Waals surface area contributed by atoms with E-state index in [1.165, 1.54) is 0 Å². The van der Waals surface area contributed by atoms with Crippen LogP contribution in [0, 0.1) is 0 Å². The Labute approximate surface area is 123 Å². The normalized spacial score (nSPS) is 13.2. The first-order valence-electron chi connectivity index (χ1n) is 6.97. The smallest absolute Gasteiger partial charge is 0.262 e. The molecule has 0 atom stereocenters. The monoisotopic (exact) mass is 283 g/mol. The average Bonchev–Trinajstić information content (AvgIpc) is 2.52. The zero-order chi connectivity index (χ0) is 14.5. The highest BCUT2D eigenvalue weighted by atomic mass is 16.5. The summed E-state index contributed by atoms with van der Waals surface area (Å²) >= 11 is 0. The molecule has 0 spiro atoms. The molecule has 1 aromatic carbocycles. The van der Waals surface area contributed by atoms with Gasteiger partial charge in [0.2, 0.25) is 0 Å². The van der Waals surface area contributed by atoms with Crippen molar-refractivity contribution in [3.05, 3.63) is 53.9 Å². The van der Waals surface area contributed by atoms with Crippen LogP contribution in [0.5, 0.6) is 5.75 Å². The van der Waals surface area contributed by atoms with Crippen LogP contribution in [0.4, 0.5) is 5.69 Å². The quantitative estimate of drug-likeness (QED) is 0.821. The van der Waals surface area contributed by atoms with Crippen LogP contribution in [0.15, 0.2) is 42.6 Å². The lowest BCUT2D eigenvalue weighted by Crippen LogP contribution is -2.25. The first-order chi connectivity index (χ1) is 10.3. The van der Waals surface area contributed by atoms with Gasteiger partial charge in [0.1, 0.15) is 5.75 Å². The minimum atomic E-state index is -0.109. The number of ether oxygens (including phenoxy) is 1. The van der Waals surface area contributed by atoms with Crippen LogP contribution in [0.3, 0.4) is 0 Å². The van der Waals surface area contributed by atoms with Gasteiger partial charge in [0.25, 0.3) is 5.91 Å². The number of benzene rings is 1. The van der Waals surface area contributed by atoms with Gasteiger partial charge in [0.05, 0.1) is 5.69 Å². The molecule has 1 amide bonds. The summed E-state index contributed by atoms with van der Waals surface area (Å²) in [4.78, 5) is 15.6. The largest absolute Gasteiger partial charge is 0.482 e. The summed E-state index contributed by atoms with van der Waals surface area (Å²) in [7, 11) is 0. The molecule has 2 heterocycles. The number of hydrogen-bond acceptors (Lipinski definition) is 4. The Bertz CT molecular complexity index is 629. The zero-order valence-corrected chi connectivity index (χ0v) is 11.6. The minimum Gasteiger partial charge on any atom is -0.482 e. The Morgan fingerprint density at radius 3 is 3.10 bits per heavy atom. The fraction of sp³-hybridized carbons (Fsp3) is 0.250. The maximum absolute atomic E-state index is 11.3. The van der Waals surface area contributed by atoms with E-state index in [0.717, 1.165) is 42.2 Å². The number of nitrogens with zero attached hydrogens (tertiary/aromatic N) is 1. The van der Waals surface area contributed by atoms with Gasteiger partial charge in [0, 0.05) is 31.4 Å². The molecule has 0 radical (unpaired) electrons. The van der Waals surface area contributed by atoms with Crippen LogP contribution < -0.4 is 15.4 Å². The summed E-state index contributed by atoms with van der Waals surface area (Å²) in [6.45, 7) is 1.70. The Balaban J connectivity index is 1.52. The van der Waals surface area contributed by atoms with Crippen molar-refractivity contribution < 1.29 is 9.53 Å². The van der Waals surface area contributed by atoms with Gasteiger partial charge in [-0.2, -0.15) is 0 Å². The highest BCUT2D eigenvalue weighted by molar-refractivity contribution is 5.95. The van der Waals surface area contributed by atoms with Crippen molar-refractivity contribution >= 4 is 11.6 Å². The molecule has 0 saturated carbocycles. The molecule has 3 rings (SSSR count). The zero-order valence-electron chi connectivity index (χ0n) is 11.6. The van der Waals surface area contributed by atoms with Crippen molar-refractivity contribution in [1.29, 1.82) is 0 Å². The Morgan fingerprint density at radius 1 is 1.29 bits per heavy atom. The lowest BCUT2D eigenvalue weighted by atomic mass is 10.1. The number of amides is 1. The molecular formula is C16H17N3O2. The molecule has 1 aliphatic heterocycles. The van der Waals surface area contributed by atoms with E-state index in [1.54, 1.807) is 0 Å². The first-order valence-corrected chi connectivity index (χ1v) is 6.97. The van der Waals surface area contributed by atoms with Crippen molar-refractivity contribution in [2.75, 3.05) is 18.5 Å². The standard InChI is InChI=1S/C16H17N3O2/c20-16-11-21-15-5-4-12(9-14(15)19-16)10-17-8-6-13-3-1-2-7-18-13/h1-5,7,9,17H,6,8,10-11H2,(H,19,20). The third-order valence-electron chi connectivity index (χ3n) is 3.29. The molecule has 2 aromatic rings. The average molecular weight is 283 g/mol. The number of pyridine rings is 1. The van der Waals surface area contributed by atoms with E-state index in [2.05, 4.69) is 15.6 Å². The Kier molecular flexibility index (Phi) is 4.12. The van der Waals surface area contributed by atoms with Crippen molar-refractivity contribution in [3.63, 3.8) is 0 Å². The van der Waals surface area contributed by atoms with Crippen LogP contribution in [0.2, 0.25) is 0 Å². The van der Waals surface area contributed by atoms with Crippen LogP contribution in [-0.4, -0.2) is 24.0 Å². The molecule has 1 aliphatic rings. The number of hydrogen-bond donors (Lipinski definition) is 2. The molecule has 21 heavy (non-hydrogen) atoms. The minimum absolute atomic E-state index is 0.0919. The Morgan fingerprint density at radius 2 is 2.24 bits per heavy atom. The van der Waals surface area contributed by atoms with Gasteiger partial charge in [-0.3, -0.25) is 9.78 Å². The number of carbonyl (C=O) groups excluding carboxylic acids is 1. The van der Waals surface area contributed by atoms with Gasteiger partial charge in [-0.15, -0.1) is 0 Å². The second kappa shape index (κ2) is 6.37. The van der Waals surface area contributed by atoms with Gasteiger partial charge >= 0.3 is 0 Å². The summed E-state index contributed by atoms with van der Waals surface area (Å²) in [6.07, 6.45) is 2.70. The van der Waals surface area contributed by atoms with Crippen LogP contribution in [0.25, 0.3) is 0 Å². The van der Waals surface area contributed by atoms with Gasteiger partial charge in [0.15, 0.2) is 6.61 Å². The summed E-state index contributed by atoms with van der Waals surface area (Å²) in [6, 6.07) is 11.8. The van der Waals surface area contributed by atoms with E-state index in [4.69, 9.17) is 4.74 Å².